The third-order valence-electron chi connectivity index (χ3n) is 2.96. The number of carbonyl (C=O) groups excluding carboxylic acids is 1. The third kappa shape index (κ3) is 2.92. The highest BCUT2D eigenvalue weighted by Crippen LogP contribution is 2.39. The molecule has 1 atom stereocenters. The van der Waals surface area contributed by atoms with E-state index < -0.39 is 5.60 Å². The number of fused-ring (bicyclic) bond motifs is 1. The van der Waals surface area contributed by atoms with Gasteiger partial charge in [0.05, 0.1) is 5.69 Å². The number of benzene rings is 1. The van der Waals surface area contributed by atoms with Gasteiger partial charge in [-0.3, -0.25) is 4.90 Å². The normalized spacial score (nSPS) is 18.1. The van der Waals surface area contributed by atoms with E-state index in [1.165, 1.54) is 0 Å². The molecule has 0 bridgehead atoms. The lowest BCUT2D eigenvalue weighted by Crippen LogP contribution is -2.36. The van der Waals surface area contributed by atoms with Crippen LogP contribution < -0.4 is 4.90 Å². The van der Waals surface area contributed by atoms with Gasteiger partial charge in [-0.15, -0.1) is 6.58 Å². The molecule has 0 aromatic heterocycles. The van der Waals surface area contributed by atoms with Gasteiger partial charge in [-0.2, -0.15) is 0 Å². The highest BCUT2D eigenvalue weighted by Gasteiger charge is 2.33. The van der Waals surface area contributed by atoms with Crippen molar-refractivity contribution in [2.45, 2.75) is 32.3 Å². The third-order valence-corrected chi connectivity index (χ3v) is 3.19. The van der Waals surface area contributed by atoms with Crippen molar-refractivity contribution in [1.29, 1.82) is 0 Å². The topological polar surface area (TPSA) is 29.5 Å². The van der Waals surface area contributed by atoms with E-state index in [1.807, 2.05) is 39.0 Å². The minimum absolute atomic E-state index is 0.0984. The van der Waals surface area contributed by atoms with Gasteiger partial charge in [-0.25, -0.2) is 4.79 Å². The number of amides is 1. The second-order valence-corrected chi connectivity index (χ2v) is 6.07. The van der Waals surface area contributed by atoms with Crippen molar-refractivity contribution in [3.63, 3.8) is 0 Å². The van der Waals surface area contributed by atoms with Gasteiger partial charge >= 0.3 is 6.09 Å². The van der Waals surface area contributed by atoms with Crippen LogP contribution in [0.1, 0.15) is 32.3 Å². The average Bonchev–Trinajstić information content (AvgIpc) is 2.64. The summed E-state index contributed by atoms with van der Waals surface area (Å²) in [5, 5.41) is 0.664. The average molecular weight is 280 g/mol. The second-order valence-electron chi connectivity index (χ2n) is 5.64. The number of ether oxygens (including phenoxy) is 1. The fourth-order valence-electron chi connectivity index (χ4n) is 2.15. The second kappa shape index (κ2) is 4.89. The lowest BCUT2D eigenvalue weighted by atomic mass is 10.0. The van der Waals surface area contributed by atoms with E-state index in [2.05, 4.69) is 6.58 Å². The van der Waals surface area contributed by atoms with E-state index in [9.17, 15) is 4.79 Å². The Morgan fingerprint density at radius 3 is 2.79 bits per heavy atom. The highest BCUT2D eigenvalue weighted by atomic mass is 35.5. The molecule has 0 fully saturated rings. The van der Waals surface area contributed by atoms with Crippen LogP contribution >= 0.6 is 11.6 Å². The Morgan fingerprint density at radius 1 is 1.53 bits per heavy atom. The van der Waals surface area contributed by atoms with Crippen LogP contribution in [-0.2, 0) is 4.74 Å². The monoisotopic (exact) mass is 279 g/mol. The van der Waals surface area contributed by atoms with Crippen LogP contribution in [-0.4, -0.2) is 18.2 Å². The SMILES string of the molecule is C=CC1CN(C(=O)OC(C)(C)C)c2ccc(Cl)cc21. The summed E-state index contributed by atoms with van der Waals surface area (Å²) in [5.41, 5.74) is 1.37. The maximum absolute atomic E-state index is 12.2. The lowest BCUT2D eigenvalue weighted by molar-refractivity contribution is 0.0583. The van der Waals surface area contributed by atoms with E-state index in [0.717, 1.165) is 11.3 Å². The van der Waals surface area contributed by atoms with Crippen molar-refractivity contribution in [2.24, 2.45) is 0 Å². The van der Waals surface area contributed by atoms with E-state index in [1.54, 1.807) is 11.0 Å². The quantitative estimate of drug-likeness (QED) is 0.715. The maximum atomic E-state index is 12.2. The van der Waals surface area contributed by atoms with Crippen LogP contribution in [0.2, 0.25) is 5.02 Å². The summed E-state index contributed by atoms with van der Waals surface area (Å²) in [7, 11) is 0. The van der Waals surface area contributed by atoms with Crippen LogP contribution in [0.25, 0.3) is 0 Å². The summed E-state index contributed by atoms with van der Waals surface area (Å²) < 4.78 is 5.42. The molecule has 1 unspecified atom stereocenters. The minimum atomic E-state index is -0.504. The molecule has 2 rings (SSSR count). The summed E-state index contributed by atoms with van der Waals surface area (Å²) in [4.78, 5) is 13.8. The molecule has 0 saturated heterocycles. The zero-order valence-electron chi connectivity index (χ0n) is 11.4. The Kier molecular flexibility index (Phi) is 3.59. The lowest BCUT2D eigenvalue weighted by Gasteiger charge is -2.25. The van der Waals surface area contributed by atoms with E-state index in [-0.39, 0.29) is 12.0 Å². The summed E-state index contributed by atoms with van der Waals surface area (Å²) >= 11 is 6.01. The first kappa shape index (κ1) is 13.9. The van der Waals surface area contributed by atoms with Crippen molar-refractivity contribution < 1.29 is 9.53 Å². The Labute approximate surface area is 118 Å². The summed E-state index contributed by atoms with van der Waals surface area (Å²) in [6.45, 7) is 9.94. The smallest absolute Gasteiger partial charge is 0.414 e. The number of nitrogens with zero attached hydrogens (tertiary/aromatic N) is 1. The van der Waals surface area contributed by atoms with Crippen molar-refractivity contribution in [3.8, 4) is 0 Å². The molecule has 1 aromatic rings. The first-order valence-electron chi connectivity index (χ1n) is 6.24. The largest absolute Gasteiger partial charge is 0.443 e. The molecule has 1 amide bonds. The number of anilines is 1. The number of halogens is 1. The van der Waals surface area contributed by atoms with Gasteiger partial charge in [-0.05, 0) is 44.5 Å². The van der Waals surface area contributed by atoms with E-state index >= 15 is 0 Å². The zero-order chi connectivity index (χ0) is 14.2. The van der Waals surface area contributed by atoms with Gasteiger partial charge in [0.25, 0.3) is 0 Å². The Morgan fingerprint density at radius 2 is 2.21 bits per heavy atom. The van der Waals surface area contributed by atoms with Gasteiger partial charge in [0.2, 0.25) is 0 Å². The molecule has 0 aliphatic carbocycles. The van der Waals surface area contributed by atoms with E-state index in [0.29, 0.717) is 11.6 Å². The molecule has 4 heteroatoms. The zero-order valence-corrected chi connectivity index (χ0v) is 12.2. The van der Waals surface area contributed by atoms with Gasteiger partial charge < -0.3 is 4.74 Å². The molecule has 102 valence electrons. The first-order valence-corrected chi connectivity index (χ1v) is 6.62. The maximum Gasteiger partial charge on any atom is 0.414 e. The van der Waals surface area contributed by atoms with E-state index in [4.69, 9.17) is 16.3 Å². The first-order chi connectivity index (χ1) is 8.81. The van der Waals surface area contributed by atoms with Gasteiger partial charge in [0, 0.05) is 17.5 Å². The van der Waals surface area contributed by atoms with Crippen molar-refractivity contribution >= 4 is 23.4 Å². The molecule has 1 aromatic carbocycles. The molecule has 0 saturated carbocycles. The number of rotatable bonds is 1. The molecule has 1 aliphatic heterocycles. The molecule has 3 nitrogen and oxygen atoms in total. The number of hydrogen-bond donors (Lipinski definition) is 0. The summed E-state index contributed by atoms with van der Waals surface area (Å²) in [6, 6.07) is 5.52. The van der Waals surface area contributed by atoms with Crippen molar-refractivity contribution in [1.82, 2.24) is 0 Å². The number of hydrogen-bond acceptors (Lipinski definition) is 2. The fourth-order valence-corrected chi connectivity index (χ4v) is 2.33. The van der Waals surface area contributed by atoms with Crippen LogP contribution in [0, 0.1) is 0 Å². The molecule has 0 N–H and O–H groups in total. The van der Waals surface area contributed by atoms with Gasteiger partial charge in [0.1, 0.15) is 5.60 Å². The summed E-state index contributed by atoms with van der Waals surface area (Å²) in [6.07, 6.45) is 1.50. The molecule has 0 radical (unpaired) electrons. The van der Waals surface area contributed by atoms with Gasteiger partial charge in [0.15, 0.2) is 0 Å². The Bertz CT molecular complexity index is 519. The molecule has 0 spiro atoms. The molecular formula is C15H18ClNO2. The van der Waals surface area contributed by atoms with Gasteiger partial charge in [-0.1, -0.05) is 17.7 Å². The summed E-state index contributed by atoms with van der Waals surface area (Å²) in [5.74, 6) is 0.0984. The van der Waals surface area contributed by atoms with Crippen LogP contribution in [0.4, 0.5) is 10.5 Å². The Hall–Kier alpha value is -1.48. The number of carbonyl (C=O) groups is 1. The van der Waals surface area contributed by atoms with Crippen molar-refractivity contribution in [2.75, 3.05) is 11.4 Å². The van der Waals surface area contributed by atoms with Crippen LogP contribution in [0.5, 0.6) is 0 Å². The highest BCUT2D eigenvalue weighted by molar-refractivity contribution is 6.30. The fraction of sp³-hybridized carbons (Fsp3) is 0.400. The molecular weight excluding hydrogens is 262 g/mol. The van der Waals surface area contributed by atoms with Crippen molar-refractivity contribution in [3.05, 3.63) is 41.4 Å². The molecule has 19 heavy (non-hydrogen) atoms. The predicted molar refractivity (Wildman–Crippen MR) is 78.0 cm³/mol. The standard InChI is InChI=1S/C15H18ClNO2/c1-5-10-9-17(14(18)19-15(2,3)4)13-7-6-11(16)8-12(10)13/h5-8,10H,1,9H2,2-4H3. The molecule has 1 heterocycles. The molecule has 1 aliphatic rings. The minimum Gasteiger partial charge on any atom is -0.443 e. The predicted octanol–water partition coefficient (Wildman–Crippen LogP) is 4.36. The van der Waals surface area contributed by atoms with Crippen LogP contribution in [0.15, 0.2) is 30.9 Å². The Balaban J connectivity index is 2.32. The van der Waals surface area contributed by atoms with Crippen LogP contribution in [0.3, 0.4) is 0 Å².